The molecule has 0 bridgehead atoms. The van der Waals surface area contributed by atoms with Crippen LogP contribution in [-0.2, 0) is 16.4 Å². The first kappa shape index (κ1) is 20.1. The van der Waals surface area contributed by atoms with Crippen molar-refractivity contribution in [1.82, 2.24) is 19.5 Å². The van der Waals surface area contributed by atoms with E-state index < -0.39 is 15.1 Å². The number of sulfone groups is 1. The lowest BCUT2D eigenvalue weighted by molar-refractivity contribution is 0.555. The molecule has 0 spiro atoms. The van der Waals surface area contributed by atoms with Crippen molar-refractivity contribution in [3.05, 3.63) is 11.1 Å². The van der Waals surface area contributed by atoms with E-state index in [2.05, 4.69) is 21.9 Å². The highest BCUT2D eigenvalue weighted by Gasteiger charge is 2.28. The fourth-order valence-corrected chi connectivity index (χ4v) is 4.18. The van der Waals surface area contributed by atoms with Gasteiger partial charge in [0.2, 0.25) is 5.28 Å². The number of fused-ring (bicyclic) bond motifs is 1. The van der Waals surface area contributed by atoms with Crippen molar-refractivity contribution in [3.63, 3.8) is 0 Å². The van der Waals surface area contributed by atoms with Crippen LogP contribution in [0.5, 0.6) is 0 Å². The second kappa shape index (κ2) is 8.45. The number of aryl methyl sites for hydroxylation is 2. The molecule has 8 heteroatoms. The second-order valence-electron chi connectivity index (χ2n) is 6.64. The van der Waals surface area contributed by atoms with Gasteiger partial charge in [-0.15, -0.1) is 0 Å². The van der Waals surface area contributed by atoms with Crippen LogP contribution in [-0.4, -0.2) is 33.2 Å². The molecule has 0 aliphatic rings. The highest BCUT2D eigenvalue weighted by atomic mass is 35.5. The van der Waals surface area contributed by atoms with Gasteiger partial charge in [0.25, 0.3) is 0 Å². The molecular weight excluding hydrogens is 360 g/mol. The van der Waals surface area contributed by atoms with E-state index in [-0.39, 0.29) is 10.3 Å². The molecule has 2 rings (SSSR count). The minimum absolute atomic E-state index is 0.0101. The lowest BCUT2D eigenvalue weighted by atomic mass is 10.1. The Balaban J connectivity index is 2.36. The Morgan fingerprint density at radius 1 is 1.04 bits per heavy atom. The van der Waals surface area contributed by atoms with Gasteiger partial charge in [0.15, 0.2) is 20.5 Å². The van der Waals surface area contributed by atoms with Crippen LogP contribution in [0.2, 0.25) is 5.28 Å². The van der Waals surface area contributed by atoms with Gasteiger partial charge in [-0.05, 0) is 38.8 Å². The first-order chi connectivity index (χ1) is 11.8. The first-order valence-corrected chi connectivity index (χ1v) is 10.9. The summed E-state index contributed by atoms with van der Waals surface area (Å²) in [6.45, 7) is 8.04. The van der Waals surface area contributed by atoms with Crippen LogP contribution in [0.1, 0.15) is 65.1 Å². The molecule has 0 radical (unpaired) electrons. The average molecular weight is 387 g/mol. The number of rotatable bonds is 9. The third-order valence-corrected chi connectivity index (χ3v) is 6.59. The highest BCUT2D eigenvalue weighted by Crippen LogP contribution is 2.26. The normalized spacial score (nSPS) is 12.4. The van der Waals surface area contributed by atoms with Crippen LogP contribution >= 0.6 is 11.6 Å². The fourth-order valence-electron chi connectivity index (χ4n) is 2.83. The van der Waals surface area contributed by atoms with E-state index in [4.69, 9.17) is 11.6 Å². The molecule has 0 fully saturated rings. The Kier molecular flexibility index (Phi) is 6.79. The molecule has 0 unspecified atom stereocenters. The largest absolute Gasteiger partial charge is 0.324 e. The Bertz CT molecular complexity index is 831. The van der Waals surface area contributed by atoms with Gasteiger partial charge in [-0.1, -0.05) is 39.0 Å². The number of unbranched alkanes of at least 4 members (excludes halogenated alkanes) is 5. The lowest BCUT2D eigenvalue weighted by Crippen LogP contribution is -2.18. The van der Waals surface area contributed by atoms with Crippen molar-refractivity contribution in [1.29, 1.82) is 0 Å². The Morgan fingerprint density at radius 2 is 1.68 bits per heavy atom. The highest BCUT2D eigenvalue weighted by molar-refractivity contribution is 7.92. The van der Waals surface area contributed by atoms with Crippen molar-refractivity contribution in [2.45, 2.75) is 83.0 Å². The summed E-state index contributed by atoms with van der Waals surface area (Å²) in [5.74, 6) is 0.736. The van der Waals surface area contributed by atoms with E-state index in [1.807, 2.05) is 11.5 Å². The van der Waals surface area contributed by atoms with Crippen LogP contribution in [0, 0.1) is 6.92 Å². The molecule has 0 saturated carbocycles. The quantitative estimate of drug-likeness (QED) is 0.364. The summed E-state index contributed by atoms with van der Waals surface area (Å²) in [6.07, 6.45) is 7.00. The molecule has 6 nitrogen and oxygen atoms in total. The summed E-state index contributed by atoms with van der Waals surface area (Å²) >= 11 is 5.94. The van der Waals surface area contributed by atoms with E-state index in [1.54, 1.807) is 13.8 Å². The summed E-state index contributed by atoms with van der Waals surface area (Å²) in [5.41, 5.74) is 0.826. The standard InChI is InChI=1S/C17H27ClN4O2S/c1-5-6-7-8-9-10-11-22-13(4)19-15-14(22)16(21-17(18)20-15)25(23,24)12(2)3/h12H,5-11H2,1-4H3. The van der Waals surface area contributed by atoms with Crippen LogP contribution in [0.15, 0.2) is 5.03 Å². The number of aromatic nitrogens is 4. The molecule has 0 N–H and O–H groups in total. The fraction of sp³-hybridized carbons (Fsp3) is 0.706. The monoisotopic (exact) mass is 386 g/mol. The predicted octanol–water partition coefficient (Wildman–Crippen LogP) is 4.33. The smallest absolute Gasteiger partial charge is 0.225 e. The third kappa shape index (κ3) is 4.50. The van der Waals surface area contributed by atoms with Crippen molar-refractivity contribution in [2.75, 3.05) is 0 Å². The predicted molar refractivity (Wildman–Crippen MR) is 101 cm³/mol. The van der Waals surface area contributed by atoms with Crippen molar-refractivity contribution < 1.29 is 8.42 Å². The molecule has 0 saturated heterocycles. The van der Waals surface area contributed by atoms with Crippen molar-refractivity contribution >= 4 is 32.6 Å². The zero-order chi connectivity index (χ0) is 18.6. The number of hydrogen-bond donors (Lipinski definition) is 0. The van der Waals surface area contributed by atoms with Crippen molar-refractivity contribution in [3.8, 4) is 0 Å². The summed E-state index contributed by atoms with van der Waals surface area (Å²) in [5, 5.41) is -0.681. The van der Waals surface area contributed by atoms with E-state index >= 15 is 0 Å². The lowest BCUT2D eigenvalue weighted by Gasteiger charge is -2.12. The summed E-state index contributed by atoms with van der Waals surface area (Å²) in [6, 6.07) is 0. The molecule has 0 amide bonds. The Labute approximate surface area is 154 Å². The summed E-state index contributed by atoms with van der Waals surface area (Å²) < 4.78 is 27.4. The molecule has 2 aromatic heterocycles. The van der Waals surface area contributed by atoms with Gasteiger partial charge in [0, 0.05) is 6.54 Å². The maximum Gasteiger partial charge on any atom is 0.225 e. The maximum atomic E-state index is 12.7. The third-order valence-electron chi connectivity index (χ3n) is 4.36. The molecule has 25 heavy (non-hydrogen) atoms. The Morgan fingerprint density at radius 3 is 2.32 bits per heavy atom. The van der Waals surface area contributed by atoms with Crippen molar-refractivity contribution in [2.24, 2.45) is 0 Å². The molecule has 140 valence electrons. The van der Waals surface area contributed by atoms with Crippen LogP contribution in [0.25, 0.3) is 11.2 Å². The van der Waals surface area contributed by atoms with E-state index in [0.29, 0.717) is 17.7 Å². The zero-order valence-corrected chi connectivity index (χ0v) is 17.0. The SMILES string of the molecule is CCCCCCCCn1c(C)nc2nc(Cl)nc(S(=O)(=O)C(C)C)c21. The van der Waals surface area contributed by atoms with E-state index in [1.165, 1.54) is 25.7 Å². The van der Waals surface area contributed by atoms with Gasteiger partial charge in [-0.3, -0.25) is 0 Å². The molecule has 0 atom stereocenters. The van der Waals surface area contributed by atoms with Gasteiger partial charge in [-0.2, -0.15) is 4.98 Å². The first-order valence-electron chi connectivity index (χ1n) is 8.93. The topological polar surface area (TPSA) is 77.7 Å². The minimum atomic E-state index is -3.57. The molecular formula is C17H27ClN4O2S. The molecule has 2 heterocycles. The summed E-state index contributed by atoms with van der Waals surface area (Å²) in [7, 11) is -3.57. The van der Waals surface area contributed by atoms with Gasteiger partial charge < -0.3 is 4.57 Å². The van der Waals surface area contributed by atoms with Gasteiger partial charge in [0.1, 0.15) is 11.3 Å². The minimum Gasteiger partial charge on any atom is -0.324 e. The van der Waals surface area contributed by atoms with Crippen LogP contribution < -0.4 is 0 Å². The zero-order valence-electron chi connectivity index (χ0n) is 15.4. The summed E-state index contributed by atoms with van der Waals surface area (Å²) in [4.78, 5) is 12.6. The molecule has 0 aliphatic heterocycles. The average Bonchev–Trinajstić information content (AvgIpc) is 2.84. The van der Waals surface area contributed by atoms with Gasteiger partial charge >= 0.3 is 0 Å². The van der Waals surface area contributed by atoms with E-state index in [9.17, 15) is 8.42 Å². The number of imidazole rings is 1. The number of hydrogen-bond acceptors (Lipinski definition) is 5. The number of nitrogens with zero attached hydrogens (tertiary/aromatic N) is 4. The number of halogens is 1. The van der Waals surface area contributed by atoms with Crippen LogP contribution in [0.3, 0.4) is 0 Å². The van der Waals surface area contributed by atoms with Crippen LogP contribution in [0.4, 0.5) is 0 Å². The Hall–Kier alpha value is -1.21. The van der Waals surface area contributed by atoms with E-state index in [0.717, 1.165) is 18.7 Å². The molecule has 0 aromatic carbocycles. The maximum absolute atomic E-state index is 12.7. The second-order valence-corrected chi connectivity index (χ2v) is 9.40. The molecule has 2 aromatic rings. The van der Waals surface area contributed by atoms with Gasteiger partial charge in [0.05, 0.1) is 5.25 Å². The molecule has 0 aliphatic carbocycles. The van der Waals surface area contributed by atoms with Gasteiger partial charge in [-0.25, -0.2) is 18.4 Å².